The summed E-state index contributed by atoms with van der Waals surface area (Å²) < 4.78 is 56.7. The minimum absolute atomic E-state index is 0.0447. The van der Waals surface area contributed by atoms with Gasteiger partial charge in [-0.3, -0.25) is 4.79 Å². The van der Waals surface area contributed by atoms with E-state index in [2.05, 4.69) is 5.10 Å². The third-order valence-electron chi connectivity index (χ3n) is 6.01. The number of nitrogens with two attached hydrogens (primary N) is 1. The zero-order valence-electron chi connectivity index (χ0n) is 19.2. The lowest BCUT2D eigenvalue weighted by atomic mass is 9.95. The van der Waals surface area contributed by atoms with Crippen molar-refractivity contribution in [3.05, 3.63) is 122 Å². The van der Waals surface area contributed by atoms with Gasteiger partial charge < -0.3 is 5.73 Å². The van der Waals surface area contributed by atoms with Crippen LogP contribution < -0.4 is 11.3 Å². The Morgan fingerprint density at radius 2 is 1.67 bits per heavy atom. The number of alkyl halides is 3. The molecule has 4 nitrogen and oxygen atoms in total. The van der Waals surface area contributed by atoms with Gasteiger partial charge in [-0.15, -0.1) is 0 Å². The Morgan fingerprint density at radius 1 is 1.00 bits per heavy atom. The van der Waals surface area contributed by atoms with Crippen LogP contribution in [-0.4, -0.2) is 9.78 Å². The van der Waals surface area contributed by atoms with Crippen molar-refractivity contribution in [1.82, 2.24) is 9.78 Å². The average Bonchev–Trinajstić information content (AvgIpc) is 2.84. The van der Waals surface area contributed by atoms with Gasteiger partial charge in [-0.25, -0.2) is 9.07 Å². The monoisotopic (exact) mass is 515 g/mol. The van der Waals surface area contributed by atoms with Crippen LogP contribution in [0.4, 0.5) is 17.6 Å². The number of aromatic nitrogens is 2. The van der Waals surface area contributed by atoms with Crippen LogP contribution in [0.5, 0.6) is 0 Å². The highest BCUT2D eigenvalue weighted by atomic mass is 35.5. The smallest absolute Gasteiger partial charge is 0.322 e. The van der Waals surface area contributed by atoms with E-state index in [0.717, 1.165) is 28.4 Å². The fourth-order valence-corrected chi connectivity index (χ4v) is 4.37. The van der Waals surface area contributed by atoms with Gasteiger partial charge in [0.2, 0.25) is 0 Å². The Morgan fingerprint density at radius 3 is 2.33 bits per heavy atom. The molecule has 0 saturated heterocycles. The summed E-state index contributed by atoms with van der Waals surface area (Å²) in [5, 5.41) is 4.65. The lowest BCUT2D eigenvalue weighted by molar-refractivity contribution is -0.138. The summed E-state index contributed by atoms with van der Waals surface area (Å²) in [4.78, 5) is 13.5. The van der Waals surface area contributed by atoms with Crippen LogP contribution in [0.3, 0.4) is 0 Å². The first-order valence-electron chi connectivity index (χ1n) is 11.1. The standard InChI is InChI=1S/C27H22ClF4N3O/c1-16-24(14-19-20(27(30,31)32)11-7-13-22(19)29)34-35(15-23(33)17-8-3-2-4-9-17)26(36)25(16)18-10-5-6-12-21(18)28/h2-13,23H,14-15,33H2,1H3. The molecule has 1 atom stereocenters. The first-order valence-corrected chi connectivity index (χ1v) is 11.5. The second kappa shape index (κ2) is 10.2. The molecule has 0 aliphatic heterocycles. The fraction of sp³-hybridized carbons (Fsp3) is 0.185. The molecule has 1 heterocycles. The average molecular weight is 516 g/mol. The van der Waals surface area contributed by atoms with Gasteiger partial charge in [-0.05, 0) is 36.2 Å². The molecule has 0 amide bonds. The highest BCUT2D eigenvalue weighted by Gasteiger charge is 2.35. The first kappa shape index (κ1) is 25.6. The minimum Gasteiger partial charge on any atom is -0.322 e. The molecule has 4 rings (SSSR count). The molecule has 0 aliphatic rings. The molecule has 0 radical (unpaired) electrons. The van der Waals surface area contributed by atoms with Crippen LogP contribution >= 0.6 is 11.6 Å². The summed E-state index contributed by atoms with van der Waals surface area (Å²) in [6, 6.07) is 17.9. The zero-order chi connectivity index (χ0) is 26.0. The van der Waals surface area contributed by atoms with E-state index in [4.69, 9.17) is 17.3 Å². The summed E-state index contributed by atoms with van der Waals surface area (Å²) in [5.41, 5.74) is 5.93. The van der Waals surface area contributed by atoms with Crippen molar-refractivity contribution < 1.29 is 17.6 Å². The highest BCUT2D eigenvalue weighted by molar-refractivity contribution is 6.33. The van der Waals surface area contributed by atoms with Gasteiger partial charge in [0.05, 0.1) is 23.4 Å². The van der Waals surface area contributed by atoms with Gasteiger partial charge in [0.25, 0.3) is 5.56 Å². The summed E-state index contributed by atoms with van der Waals surface area (Å²) in [6.07, 6.45) is -5.24. The van der Waals surface area contributed by atoms with Crippen molar-refractivity contribution >= 4 is 11.6 Å². The Hall–Kier alpha value is -3.49. The Balaban J connectivity index is 1.90. The van der Waals surface area contributed by atoms with Crippen LogP contribution in [0.15, 0.2) is 77.6 Å². The summed E-state index contributed by atoms with van der Waals surface area (Å²) in [6.45, 7) is 1.52. The fourth-order valence-electron chi connectivity index (χ4n) is 4.14. The van der Waals surface area contributed by atoms with Gasteiger partial charge in [-0.2, -0.15) is 18.3 Å². The number of benzene rings is 3. The van der Waals surface area contributed by atoms with Crippen molar-refractivity contribution in [3.63, 3.8) is 0 Å². The first-order chi connectivity index (χ1) is 17.1. The molecular weight excluding hydrogens is 494 g/mol. The summed E-state index contributed by atoms with van der Waals surface area (Å²) in [5.74, 6) is -1.01. The predicted molar refractivity (Wildman–Crippen MR) is 131 cm³/mol. The maximum absolute atomic E-state index is 14.7. The second-order valence-corrected chi connectivity index (χ2v) is 8.78. The number of hydrogen-bond donors (Lipinski definition) is 1. The maximum atomic E-state index is 14.7. The second-order valence-electron chi connectivity index (χ2n) is 8.37. The van der Waals surface area contributed by atoms with Gasteiger partial charge in [0.1, 0.15) is 5.82 Å². The van der Waals surface area contributed by atoms with E-state index in [-0.39, 0.29) is 22.8 Å². The topological polar surface area (TPSA) is 60.9 Å². The lowest BCUT2D eigenvalue weighted by Gasteiger charge is -2.19. The minimum atomic E-state index is -4.76. The van der Waals surface area contributed by atoms with Gasteiger partial charge in [-0.1, -0.05) is 66.2 Å². The van der Waals surface area contributed by atoms with E-state index in [1.807, 2.05) is 6.07 Å². The Kier molecular flexibility index (Phi) is 7.28. The molecule has 0 spiro atoms. The van der Waals surface area contributed by atoms with Gasteiger partial charge >= 0.3 is 6.18 Å². The molecule has 0 aliphatic carbocycles. The molecule has 2 N–H and O–H groups in total. The van der Waals surface area contributed by atoms with E-state index >= 15 is 0 Å². The van der Waals surface area contributed by atoms with Crippen molar-refractivity contribution in [1.29, 1.82) is 0 Å². The number of halogens is 5. The third-order valence-corrected chi connectivity index (χ3v) is 6.34. The highest BCUT2D eigenvalue weighted by Crippen LogP contribution is 2.35. The Bertz CT molecular complexity index is 1450. The molecule has 0 fully saturated rings. The van der Waals surface area contributed by atoms with Crippen molar-refractivity contribution in [2.24, 2.45) is 5.73 Å². The predicted octanol–water partition coefficient (Wildman–Crippen LogP) is 6.32. The van der Waals surface area contributed by atoms with Crippen molar-refractivity contribution in [3.8, 4) is 11.1 Å². The van der Waals surface area contributed by atoms with E-state index in [9.17, 15) is 22.4 Å². The van der Waals surface area contributed by atoms with E-state index < -0.39 is 41.1 Å². The molecule has 0 saturated carbocycles. The van der Waals surface area contributed by atoms with Gasteiger partial charge in [0, 0.05) is 28.6 Å². The van der Waals surface area contributed by atoms with Crippen LogP contribution in [0.2, 0.25) is 5.02 Å². The molecule has 0 bridgehead atoms. The molecule has 186 valence electrons. The van der Waals surface area contributed by atoms with E-state index in [1.165, 1.54) is 0 Å². The Labute approximate surface area is 210 Å². The zero-order valence-corrected chi connectivity index (χ0v) is 19.9. The number of hydrogen-bond acceptors (Lipinski definition) is 3. The van der Waals surface area contributed by atoms with E-state index in [0.29, 0.717) is 11.1 Å². The molecule has 4 aromatic rings. The summed E-state index contributed by atoms with van der Waals surface area (Å²) >= 11 is 6.38. The van der Waals surface area contributed by atoms with Crippen molar-refractivity contribution in [2.45, 2.75) is 32.1 Å². The SMILES string of the molecule is Cc1c(Cc2c(F)cccc2C(F)(F)F)nn(CC(N)c2ccccc2)c(=O)c1-c1ccccc1Cl. The normalized spacial score (nSPS) is 12.5. The number of rotatable bonds is 6. The van der Waals surface area contributed by atoms with Crippen LogP contribution in [0.1, 0.15) is 34.0 Å². The number of nitrogens with zero attached hydrogens (tertiary/aromatic N) is 2. The van der Waals surface area contributed by atoms with E-state index in [1.54, 1.807) is 55.5 Å². The molecular formula is C27H22ClF4N3O. The quantitative estimate of drug-likeness (QED) is 0.306. The third kappa shape index (κ3) is 5.20. The van der Waals surface area contributed by atoms with Crippen LogP contribution in [-0.2, 0) is 19.1 Å². The molecule has 9 heteroatoms. The summed E-state index contributed by atoms with van der Waals surface area (Å²) in [7, 11) is 0. The molecule has 3 aromatic carbocycles. The van der Waals surface area contributed by atoms with Crippen molar-refractivity contribution in [2.75, 3.05) is 0 Å². The molecule has 36 heavy (non-hydrogen) atoms. The van der Waals surface area contributed by atoms with Crippen LogP contribution in [0.25, 0.3) is 11.1 Å². The van der Waals surface area contributed by atoms with Crippen LogP contribution in [0, 0.1) is 12.7 Å². The molecule has 1 aromatic heterocycles. The lowest BCUT2D eigenvalue weighted by Crippen LogP contribution is -2.32. The maximum Gasteiger partial charge on any atom is 0.416 e. The van der Waals surface area contributed by atoms with Gasteiger partial charge in [0.15, 0.2) is 0 Å². The largest absolute Gasteiger partial charge is 0.416 e. The molecule has 1 unspecified atom stereocenters.